The van der Waals surface area contributed by atoms with Crippen LogP contribution in [0, 0.1) is 0 Å². The Morgan fingerprint density at radius 2 is 1.20 bits per heavy atom. The van der Waals surface area contributed by atoms with Crippen LogP contribution in [0.15, 0.2) is 66.7 Å². The average molecular weight is 324 g/mol. The largest absolute Gasteiger partial charge is 0.489 e. The summed E-state index contributed by atoms with van der Waals surface area (Å²) in [5, 5.41) is 23.2. The van der Waals surface area contributed by atoms with Crippen LogP contribution >= 0.6 is 0 Å². The molecule has 0 fully saturated rings. The number of benzene rings is 3. The van der Waals surface area contributed by atoms with Crippen molar-refractivity contribution in [1.29, 1.82) is 0 Å². The standard InChI is InChI=1S/C20H13BN2O2/c24-21(25)16-11-14-9-10-15(16)12-5-7-13(8-6-12)19-20(14)23-18-4-2-1-3-17(18)22-19/h1-11,24-25H. The van der Waals surface area contributed by atoms with Crippen LogP contribution in [0.2, 0.25) is 0 Å². The smallest absolute Gasteiger partial charge is 0.423 e. The number of para-hydroxylation sites is 2. The van der Waals surface area contributed by atoms with E-state index in [1.54, 1.807) is 6.07 Å². The molecule has 0 aliphatic carbocycles. The first-order valence-corrected chi connectivity index (χ1v) is 8.09. The van der Waals surface area contributed by atoms with E-state index in [-0.39, 0.29) is 0 Å². The molecule has 0 atom stereocenters. The molecule has 0 aliphatic heterocycles. The topological polar surface area (TPSA) is 66.2 Å². The summed E-state index contributed by atoms with van der Waals surface area (Å²) in [6.45, 7) is 0. The van der Waals surface area contributed by atoms with Gasteiger partial charge < -0.3 is 10.0 Å². The molecule has 1 heterocycles. The van der Waals surface area contributed by atoms with E-state index in [0.717, 1.165) is 43.6 Å². The highest BCUT2D eigenvalue weighted by Gasteiger charge is 2.16. The number of rotatable bonds is 1. The maximum atomic E-state index is 9.84. The molecule has 1 aromatic heterocycles. The lowest BCUT2D eigenvalue weighted by molar-refractivity contribution is 0.426. The highest BCUT2D eigenvalue weighted by atomic mass is 16.4. The summed E-state index contributed by atoms with van der Waals surface area (Å²) >= 11 is 0. The van der Waals surface area contributed by atoms with Gasteiger partial charge in [0.05, 0.1) is 22.1 Å². The Balaban J connectivity index is 2.11. The van der Waals surface area contributed by atoms with Gasteiger partial charge in [-0.1, -0.05) is 54.6 Å². The van der Waals surface area contributed by atoms with Crippen molar-refractivity contribution in [3.63, 3.8) is 0 Å². The fourth-order valence-electron chi connectivity index (χ4n) is 3.40. The van der Waals surface area contributed by atoms with E-state index in [1.165, 1.54) is 0 Å². The van der Waals surface area contributed by atoms with Crippen LogP contribution in [0.5, 0.6) is 0 Å². The highest BCUT2D eigenvalue weighted by Crippen LogP contribution is 2.25. The molecular weight excluding hydrogens is 311 g/mol. The van der Waals surface area contributed by atoms with Gasteiger partial charge in [-0.2, -0.15) is 0 Å². The summed E-state index contributed by atoms with van der Waals surface area (Å²) in [7, 11) is -1.55. The zero-order valence-corrected chi connectivity index (χ0v) is 13.2. The van der Waals surface area contributed by atoms with Crippen LogP contribution in [-0.4, -0.2) is 27.1 Å². The normalized spacial score (nSPS) is 11.6. The van der Waals surface area contributed by atoms with Crippen LogP contribution in [0.3, 0.4) is 0 Å². The lowest BCUT2D eigenvalue weighted by atomic mass is 9.77. The van der Waals surface area contributed by atoms with E-state index in [9.17, 15) is 10.0 Å². The zero-order valence-electron chi connectivity index (χ0n) is 13.2. The van der Waals surface area contributed by atoms with Crippen LogP contribution in [0.25, 0.3) is 43.6 Å². The Hall–Kier alpha value is -3.02. The average Bonchev–Trinajstić information content (AvgIpc) is 2.67. The third-order valence-corrected chi connectivity index (χ3v) is 4.64. The van der Waals surface area contributed by atoms with Gasteiger partial charge in [-0.25, -0.2) is 9.97 Å². The molecule has 4 bridgehead atoms. The number of hydrogen-bond acceptors (Lipinski definition) is 4. The van der Waals surface area contributed by atoms with E-state index in [1.807, 2.05) is 60.7 Å². The number of hydrogen-bond donors (Lipinski definition) is 2. The Labute approximate surface area is 143 Å². The number of nitrogens with zero attached hydrogens (tertiary/aromatic N) is 2. The molecule has 25 heavy (non-hydrogen) atoms. The Bertz CT molecular complexity index is 1260. The minimum absolute atomic E-state index is 0.466. The molecule has 4 nitrogen and oxygen atoms in total. The quantitative estimate of drug-likeness (QED) is 0.465. The summed E-state index contributed by atoms with van der Waals surface area (Å²) in [5.74, 6) is 0. The van der Waals surface area contributed by atoms with E-state index in [0.29, 0.717) is 5.46 Å². The third kappa shape index (κ3) is 2.17. The molecule has 0 amide bonds. The summed E-state index contributed by atoms with van der Waals surface area (Å²) < 4.78 is 0. The second-order valence-corrected chi connectivity index (χ2v) is 6.16. The SMILES string of the molecule is OB(O)c1cc2ccc1c1ccc(cc1)c1nc3ccccc3nc21. The van der Waals surface area contributed by atoms with Crippen LogP contribution in [-0.2, 0) is 0 Å². The van der Waals surface area contributed by atoms with Crippen molar-refractivity contribution in [2.24, 2.45) is 0 Å². The van der Waals surface area contributed by atoms with Gasteiger partial charge in [-0.15, -0.1) is 0 Å². The minimum Gasteiger partial charge on any atom is -0.423 e. The molecule has 8 aromatic rings. The lowest BCUT2D eigenvalue weighted by Gasteiger charge is -2.09. The molecule has 7 aromatic carbocycles. The van der Waals surface area contributed by atoms with Gasteiger partial charge in [0.1, 0.15) is 0 Å². The fourth-order valence-corrected chi connectivity index (χ4v) is 3.40. The first-order chi connectivity index (χ1) is 12.2. The molecule has 118 valence electrons. The summed E-state index contributed by atoms with van der Waals surface area (Å²) in [5.41, 5.74) is 3.64. The summed E-state index contributed by atoms with van der Waals surface area (Å²) in [6.07, 6.45) is 0. The molecule has 0 unspecified atom stereocenters. The van der Waals surface area contributed by atoms with Crippen molar-refractivity contribution in [3.05, 3.63) is 66.7 Å². The van der Waals surface area contributed by atoms with Gasteiger partial charge in [-0.05, 0) is 28.4 Å². The Morgan fingerprint density at radius 3 is 1.84 bits per heavy atom. The van der Waals surface area contributed by atoms with Crippen LogP contribution in [0.4, 0.5) is 0 Å². The van der Waals surface area contributed by atoms with Gasteiger partial charge in [0.2, 0.25) is 0 Å². The van der Waals surface area contributed by atoms with Crippen molar-refractivity contribution < 1.29 is 10.0 Å². The van der Waals surface area contributed by atoms with Crippen molar-refractivity contribution in [2.75, 3.05) is 0 Å². The van der Waals surface area contributed by atoms with Crippen molar-refractivity contribution in [2.45, 2.75) is 0 Å². The number of fused-ring (bicyclic) bond motifs is 1. The van der Waals surface area contributed by atoms with Crippen LogP contribution in [0.1, 0.15) is 0 Å². The van der Waals surface area contributed by atoms with Crippen molar-refractivity contribution >= 4 is 56.2 Å². The predicted molar refractivity (Wildman–Crippen MR) is 102 cm³/mol. The highest BCUT2D eigenvalue weighted by molar-refractivity contribution is 6.62. The second kappa shape index (κ2) is 5.24. The van der Waals surface area contributed by atoms with Crippen molar-refractivity contribution in [1.82, 2.24) is 9.97 Å². The zero-order chi connectivity index (χ0) is 17.0. The van der Waals surface area contributed by atoms with Gasteiger partial charge in [0.25, 0.3) is 0 Å². The summed E-state index contributed by atoms with van der Waals surface area (Å²) in [4.78, 5) is 9.64. The first-order valence-electron chi connectivity index (χ1n) is 8.09. The minimum atomic E-state index is -1.55. The fraction of sp³-hybridized carbons (Fsp3) is 0. The monoisotopic (exact) mass is 324 g/mol. The van der Waals surface area contributed by atoms with E-state index >= 15 is 0 Å². The van der Waals surface area contributed by atoms with Gasteiger partial charge in [-0.3, -0.25) is 0 Å². The van der Waals surface area contributed by atoms with Gasteiger partial charge in [0, 0.05) is 10.8 Å². The Kier molecular flexibility index (Phi) is 3.01. The molecule has 5 heteroatoms. The molecule has 0 spiro atoms. The molecule has 0 radical (unpaired) electrons. The van der Waals surface area contributed by atoms with Crippen LogP contribution < -0.4 is 5.46 Å². The van der Waals surface area contributed by atoms with E-state index in [2.05, 4.69) is 0 Å². The predicted octanol–water partition coefficient (Wildman–Crippen LogP) is 2.77. The number of aromatic nitrogens is 2. The molecule has 8 rings (SSSR count). The molecule has 0 saturated carbocycles. The molecule has 0 saturated heterocycles. The van der Waals surface area contributed by atoms with Crippen molar-refractivity contribution in [3.8, 4) is 0 Å². The second-order valence-electron chi connectivity index (χ2n) is 6.16. The van der Waals surface area contributed by atoms with E-state index < -0.39 is 7.12 Å². The molecule has 0 aliphatic rings. The summed E-state index contributed by atoms with van der Waals surface area (Å²) in [6, 6.07) is 21.4. The lowest BCUT2D eigenvalue weighted by Crippen LogP contribution is -2.30. The van der Waals surface area contributed by atoms with Gasteiger partial charge in [0.15, 0.2) is 0 Å². The molecule has 2 N–H and O–H groups in total. The maximum absolute atomic E-state index is 9.84. The van der Waals surface area contributed by atoms with E-state index in [4.69, 9.17) is 9.97 Å². The maximum Gasteiger partial charge on any atom is 0.489 e. The molecular formula is C20H13BN2O2. The third-order valence-electron chi connectivity index (χ3n) is 4.64. The first kappa shape index (κ1) is 14.3. The van der Waals surface area contributed by atoms with Gasteiger partial charge >= 0.3 is 7.12 Å². The Morgan fingerprint density at radius 1 is 0.640 bits per heavy atom.